The minimum absolute atomic E-state index is 0.0484. The third-order valence-electron chi connectivity index (χ3n) is 2.31. The minimum Gasteiger partial charge on any atom is -0.465 e. The van der Waals surface area contributed by atoms with Gasteiger partial charge in [0.15, 0.2) is 0 Å². The zero-order valence-corrected chi connectivity index (χ0v) is 10.5. The topological polar surface area (TPSA) is 46.6 Å². The van der Waals surface area contributed by atoms with Gasteiger partial charge in [-0.1, -0.05) is 12.1 Å². The predicted octanol–water partition coefficient (Wildman–Crippen LogP) is 1.67. The quantitative estimate of drug-likeness (QED) is 0.607. The van der Waals surface area contributed by atoms with E-state index in [0.717, 1.165) is 5.56 Å². The molecule has 0 unspecified atom stereocenters. The van der Waals surface area contributed by atoms with E-state index in [1.807, 2.05) is 6.07 Å². The standard InChI is InChI=1S/C12H14ClNO3/c1-14(11(15)7-13)8-9-4-3-5-10(6-9)12(16)17-2/h3-6H,7-8H2,1-2H3. The lowest BCUT2D eigenvalue weighted by Crippen LogP contribution is -2.27. The van der Waals surface area contributed by atoms with Gasteiger partial charge in [-0.05, 0) is 17.7 Å². The Morgan fingerprint density at radius 3 is 2.71 bits per heavy atom. The van der Waals surface area contributed by atoms with E-state index >= 15 is 0 Å². The summed E-state index contributed by atoms with van der Waals surface area (Å²) >= 11 is 5.45. The molecular formula is C12H14ClNO3. The Kier molecular flexibility index (Phi) is 4.97. The fraction of sp³-hybridized carbons (Fsp3) is 0.333. The first-order valence-electron chi connectivity index (χ1n) is 5.05. The molecule has 1 rings (SSSR count). The van der Waals surface area contributed by atoms with Gasteiger partial charge >= 0.3 is 5.97 Å². The number of carbonyl (C=O) groups excluding carboxylic acids is 2. The van der Waals surface area contributed by atoms with Crippen LogP contribution < -0.4 is 0 Å². The summed E-state index contributed by atoms with van der Waals surface area (Å²) in [5.74, 6) is -0.596. The molecule has 0 radical (unpaired) electrons. The summed E-state index contributed by atoms with van der Waals surface area (Å²) in [6, 6.07) is 6.95. The number of ether oxygens (including phenoxy) is 1. The molecule has 0 N–H and O–H groups in total. The Labute approximate surface area is 105 Å². The van der Waals surface area contributed by atoms with E-state index in [4.69, 9.17) is 11.6 Å². The lowest BCUT2D eigenvalue weighted by atomic mass is 10.1. The van der Waals surface area contributed by atoms with Gasteiger partial charge in [-0.3, -0.25) is 4.79 Å². The van der Waals surface area contributed by atoms with Crippen molar-refractivity contribution in [2.75, 3.05) is 20.0 Å². The molecule has 0 aliphatic heterocycles. The van der Waals surface area contributed by atoms with Crippen LogP contribution >= 0.6 is 11.6 Å². The lowest BCUT2D eigenvalue weighted by molar-refractivity contribution is -0.127. The predicted molar refractivity (Wildman–Crippen MR) is 65.0 cm³/mol. The fourth-order valence-corrected chi connectivity index (χ4v) is 1.58. The molecule has 0 saturated heterocycles. The maximum atomic E-state index is 11.3. The molecule has 4 nitrogen and oxygen atoms in total. The molecule has 92 valence electrons. The zero-order valence-electron chi connectivity index (χ0n) is 9.77. The molecule has 1 aromatic rings. The zero-order chi connectivity index (χ0) is 12.8. The van der Waals surface area contributed by atoms with Crippen LogP contribution in [0.15, 0.2) is 24.3 Å². The molecule has 0 aliphatic carbocycles. The molecule has 1 amide bonds. The maximum absolute atomic E-state index is 11.3. The van der Waals surface area contributed by atoms with Crippen LogP contribution in [0.3, 0.4) is 0 Å². The van der Waals surface area contributed by atoms with Crippen LogP contribution in [0.2, 0.25) is 0 Å². The number of methoxy groups -OCH3 is 1. The summed E-state index contributed by atoms with van der Waals surface area (Å²) in [6.07, 6.45) is 0. The first-order chi connectivity index (χ1) is 8.08. The van der Waals surface area contributed by atoms with Gasteiger partial charge in [0.2, 0.25) is 5.91 Å². The summed E-state index contributed by atoms with van der Waals surface area (Å²) in [5.41, 5.74) is 1.32. The smallest absolute Gasteiger partial charge is 0.337 e. The van der Waals surface area contributed by atoms with Gasteiger partial charge in [0.1, 0.15) is 5.88 Å². The molecular weight excluding hydrogens is 242 g/mol. The maximum Gasteiger partial charge on any atom is 0.337 e. The van der Waals surface area contributed by atoms with Crippen LogP contribution in [-0.2, 0) is 16.1 Å². The number of hydrogen-bond donors (Lipinski definition) is 0. The van der Waals surface area contributed by atoms with E-state index in [-0.39, 0.29) is 11.8 Å². The van der Waals surface area contributed by atoms with E-state index < -0.39 is 5.97 Å². The van der Waals surface area contributed by atoms with Crippen LogP contribution in [0, 0.1) is 0 Å². The third-order valence-corrected chi connectivity index (χ3v) is 2.54. The molecule has 17 heavy (non-hydrogen) atoms. The molecule has 0 saturated carbocycles. The van der Waals surface area contributed by atoms with Gasteiger partial charge in [0, 0.05) is 13.6 Å². The number of halogens is 1. The second-order valence-corrected chi connectivity index (χ2v) is 3.84. The molecule has 0 aromatic heterocycles. The summed E-state index contributed by atoms with van der Waals surface area (Å²) in [6.45, 7) is 0.413. The van der Waals surface area contributed by atoms with Crippen molar-refractivity contribution in [1.29, 1.82) is 0 Å². The highest BCUT2D eigenvalue weighted by atomic mass is 35.5. The van der Waals surface area contributed by atoms with Gasteiger partial charge in [-0.25, -0.2) is 4.79 Å². The molecule has 0 spiro atoms. The van der Waals surface area contributed by atoms with Gasteiger partial charge in [-0.15, -0.1) is 11.6 Å². The van der Waals surface area contributed by atoms with Gasteiger partial charge in [0.05, 0.1) is 12.7 Å². The molecule has 0 atom stereocenters. The molecule has 0 fully saturated rings. The number of carbonyl (C=O) groups is 2. The van der Waals surface area contributed by atoms with Crippen molar-refractivity contribution in [3.05, 3.63) is 35.4 Å². The fourth-order valence-electron chi connectivity index (χ4n) is 1.38. The Morgan fingerprint density at radius 2 is 2.12 bits per heavy atom. The van der Waals surface area contributed by atoms with Crippen LogP contribution in [0.5, 0.6) is 0 Å². The monoisotopic (exact) mass is 255 g/mol. The Morgan fingerprint density at radius 1 is 1.41 bits per heavy atom. The van der Waals surface area contributed by atoms with Gasteiger partial charge in [-0.2, -0.15) is 0 Å². The Balaban J connectivity index is 2.79. The summed E-state index contributed by atoms with van der Waals surface area (Å²) < 4.78 is 4.62. The van der Waals surface area contributed by atoms with Crippen molar-refractivity contribution in [2.45, 2.75) is 6.54 Å². The Hall–Kier alpha value is -1.55. The first-order valence-corrected chi connectivity index (χ1v) is 5.59. The third kappa shape index (κ3) is 3.75. The van der Waals surface area contributed by atoms with Gasteiger partial charge < -0.3 is 9.64 Å². The van der Waals surface area contributed by atoms with E-state index in [2.05, 4.69) is 4.74 Å². The van der Waals surface area contributed by atoms with Crippen LogP contribution in [0.1, 0.15) is 15.9 Å². The average Bonchev–Trinajstić information content (AvgIpc) is 2.37. The van der Waals surface area contributed by atoms with E-state index in [1.165, 1.54) is 12.0 Å². The lowest BCUT2D eigenvalue weighted by Gasteiger charge is -2.16. The first kappa shape index (κ1) is 13.5. The minimum atomic E-state index is -0.391. The second-order valence-electron chi connectivity index (χ2n) is 3.58. The van der Waals surface area contributed by atoms with Crippen molar-refractivity contribution in [1.82, 2.24) is 4.90 Å². The van der Waals surface area contributed by atoms with Crippen molar-refractivity contribution >= 4 is 23.5 Å². The van der Waals surface area contributed by atoms with Gasteiger partial charge in [0.25, 0.3) is 0 Å². The van der Waals surface area contributed by atoms with Crippen molar-refractivity contribution in [3.63, 3.8) is 0 Å². The molecule has 1 aromatic carbocycles. The highest BCUT2D eigenvalue weighted by Gasteiger charge is 2.10. The molecule has 0 bridgehead atoms. The molecule has 0 heterocycles. The SMILES string of the molecule is COC(=O)c1cccc(CN(C)C(=O)CCl)c1. The largest absolute Gasteiger partial charge is 0.465 e. The summed E-state index contributed by atoms with van der Waals surface area (Å²) in [5, 5.41) is 0. The normalized spacial score (nSPS) is 9.82. The van der Waals surface area contributed by atoms with E-state index in [9.17, 15) is 9.59 Å². The van der Waals surface area contributed by atoms with Crippen LogP contribution in [0.25, 0.3) is 0 Å². The van der Waals surface area contributed by atoms with E-state index in [1.54, 1.807) is 25.2 Å². The number of alkyl halides is 1. The van der Waals surface area contributed by atoms with Crippen LogP contribution in [-0.4, -0.2) is 36.8 Å². The van der Waals surface area contributed by atoms with E-state index in [0.29, 0.717) is 12.1 Å². The van der Waals surface area contributed by atoms with Crippen molar-refractivity contribution in [2.24, 2.45) is 0 Å². The highest BCUT2D eigenvalue weighted by Crippen LogP contribution is 2.09. The molecule has 0 aliphatic rings. The van der Waals surface area contributed by atoms with Crippen molar-refractivity contribution in [3.8, 4) is 0 Å². The van der Waals surface area contributed by atoms with Crippen molar-refractivity contribution < 1.29 is 14.3 Å². The summed E-state index contributed by atoms with van der Waals surface area (Å²) in [4.78, 5) is 24.1. The number of amides is 1. The molecule has 5 heteroatoms. The van der Waals surface area contributed by atoms with Crippen LogP contribution in [0.4, 0.5) is 0 Å². The highest BCUT2D eigenvalue weighted by molar-refractivity contribution is 6.27. The number of esters is 1. The summed E-state index contributed by atoms with van der Waals surface area (Å²) in [7, 11) is 2.99. The second kappa shape index (κ2) is 6.25. The number of nitrogens with zero attached hydrogens (tertiary/aromatic N) is 1. The average molecular weight is 256 g/mol. The number of rotatable bonds is 4. The Bertz CT molecular complexity index is 420. The number of hydrogen-bond acceptors (Lipinski definition) is 3. The number of benzene rings is 1.